The van der Waals surface area contributed by atoms with Gasteiger partial charge in [-0.3, -0.25) is 24.1 Å². The molecule has 1 heterocycles. The highest BCUT2D eigenvalue weighted by molar-refractivity contribution is 9.10. The van der Waals surface area contributed by atoms with E-state index in [1.165, 1.54) is 13.2 Å². The fourth-order valence-electron chi connectivity index (χ4n) is 3.75. The number of aryl methyl sites for hydroxylation is 2. The second-order valence-electron chi connectivity index (χ2n) is 8.99. The van der Waals surface area contributed by atoms with E-state index in [1.54, 1.807) is 42.5 Å². The Morgan fingerprint density at radius 3 is 2.39 bits per heavy atom. The number of nitrogens with one attached hydrogen (secondary N) is 2. The average molecular weight is 659 g/mol. The summed E-state index contributed by atoms with van der Waals surface area (Å²) in [5, 5.41) is 5.19. The Balaban J connectivity index is 1.31. The lowest BCUT2D eigenvalue weighted by Gasteiger charge is -2.13. The van der Waals surface area contributed by atoms with Crippen molar-refractivity contribution in [3.8, 4) is 11.5 Å². The summed E-state index contributed by atoms with van der Waals surface area (Å²) in [7, 11) is 1.48. The molecule has 41 heavy (non-hydrogen) atoms. The lowest BCUT2D eigenvalue weighted by molar-refractivity contribution is -0.127. The zero-order valence-corrected chi connectivity index (χ0v) is 25.4. The van der Waals surface area contributed by atoms with E-state index in [4.69, 9.17) is 21.1 Å². The molecule has 2 N–H and O–H groups in total. The van der Waals surface area contributed by atoms with Gasteiger partial charge in [0.2, 0.25) is 5.91 Å². The summed E-state index contributed by atoms with van der Waals surface area (Å²) < 4.78 is 11.5. The lowest BCUT2D eigenvalue weighted by atomic mass is 10.1. The predicted molar refractivity (Wildman–Crippen MR) is 163 cm³/mol. The predicted octanol–water partition coefficient (Wildman–Crippen LogP) is 6.42. The molecule has 3 aromatic carbocycles. The van der Waals surface area contributed by atoms with Gasteiger partial charge in [0.15, 0.2) is 6.61 Å². The number of carbonyl (C=O) groups is 4. The number of nitrogens with zero attached hydrogens (tertiary/aromatic N) is 1. The van der Waals surface area contributed by atoms with Gasteiger partial charge in [-0.05, 0) is 107 Å². The highest BCUT2D eigenvalue weighted by atomic mass is 79.9. The number of carbonyl (C=O) groups excluding carboxylic acids is 4. The molecule has 0 saturated carbocycles. The van der Waals surface area contributed by atoms with Gasteiger partial charge < -0.3 is 20.1 Å². The van der Waals surface area contributed by atoms with Crippen LogP contribution in [0.15, 0.2) is 64.0 Å². The third-order valence-corrected chi connectivity index (χ3v) is 7.87. The van der Waals surface area contributed by atoms with Gasteiger partial charge in [0.25, 0.3) is 17.1 Å². The number of amides is 4. The van der Waals surface area contributed by atoms with Crippen LogP contribution in [0, 0.1) is 13.8 Å². The largest absolute Gasteiger partial charge is 0.495 e. The van der Waals surface area contributed by atoms with Gasteiger partial charge in [-0.15, -0.1) is 0 Å². The van der Waals surface area contributed by atoms with E-state index < -0.39 is 23.6 Å². The standard InChI is InChI=1S/C29H25BrClN3O6S/c1-16-10-21(30)23(11-17(16)2)33-27(36)15-40-20-7-4-18(5-8-20)12-25-28(37)34(29(38)41-25)14-26(35)32-19-6-9-24(39-3)22(31)13-19/h4-13H,14-15H2,1-3H3,(H,32,35)(H,33,36)/b25-12+. The maximum Gasteiger partial charge on any atom is 0.294 e. The van der Waals surface area contributed by atoms with Gasteiger partial charge in [0, 0.05) is 10.2 Å². The number of halogens is 2. The fraction of sp³-hybridized carbons (Fsp3) is 0.172. The van der Waals surface area contributed by atoms with Crippen LogP contribution < -0.4 is 20.1 Å². The monoisotopic (exact) mass is 657 g/mol. The van der Waals surface area contributed by atoms with Gasteiger partial charge in [-0.2, -0.15) is 0 Å². The highest BCUT2D eigenvalue weighted by Gasteiger charge is 2.36. The zero-order valence-electron chi connectivity index (χ0n) is 22.2. The molecule has 1 aliphatic rings. The minimum absolute atomic E-state index is 0.183. The number of imide groups is 1. The van der Waals surface area contributed by atoms with Crippen molar-refractivity contribution in [1.29, 1.82) is 0 Å². The van der Waals surface area contributed by atoms with Crippen LogP contribution in [0.3, 0.4) is 0 Å². The van der Waals surface area contributed by atoms with E-state index in [9.17, 15) is 19.2 Å². The van der Waals surface area contributed by atoms with Crippen LogP contribution in [-0.4, -0.2) is 48.1 Å². The molecule has 0 aliphatic carbocycles. The van der Waals surface area contributed by atoms with E-state index in [-0.39, 0.29) is 17.4 Å². The molecule has 212 valence electrons. The molecule has 4 rings (SSSR count). The second-order valence-corrected chi connectivity index (χ2v) is 11.2. The van der Waals surface area contributed by atoms with Crippen LogP contribution in [0.25, 0.3) is 6.08 Å². The Bertz CT molecular complexity index is 1560. The lowest BCUT2D eigenvalue weighted by Crippen LogP contribution is -2.36. The van der Waals surface area contributed by atoms with Gasteiger partial charge >= 0.3 is 0 Å². The summed E-state index contributed by atoms with van der Waals surface area (Å²) in [6, 6.07) is 15.2. The smallest absolute Gasteiger partial charge is 0.294 e. The molecule has 12 heteroatoms. The molecule has 0 aromatic heterocycles. The van der Waals surface area contributed by atoms with Crippen molar-refractivity contribution in [2.45, 2.75) is 13.8 Å². The Labute approximate surface area is 254 Å². The van der Waals surface area contributed by atoms with Crippen LogP contribution in [0.1, 0.15) is 16.7 Å². The van der Waals surface area contributed by atoms with E-state index in [1.807, 2.05) is 26.0 Å². The zero-order chi connectivity index (χ0) is 29.7. The number of anilines is 2. The first-order valence-electron chi connectivity index (χ1n) is 12.2. The number of thioether (sulfide) groups is 1. The molecular formula is C29H25BrClN3O6S. The quantitative estimate of drug-likeness (QED) is 0.255. The van der Waals surface area contributed by atoms with Crippen molar-refractivity contribution in [3.05, 3.63) is 85.7 Å². The maximum absolute atomic E-state index is 12.8. The fourth-order valence-corrected chi connectivity index (χ4v) is 5.40. The van der Waals surface area contributed by atoms with E-state index >= 15 is 0 Å². The molecule has 0 spiro atoms. The molecule has 9 nitrogen and oxygen atoms in total. The van der Waals surface area contributed by atoms with Crippen LogP contribution in [0.5, 0.6) is 11.5 Å². The Morgan fingerprint density at radius 2 is 1.71 bits per heavy atom. The molecule has 3 aromatic rings. The highest BCUT2D eigenvalue weighted by Crippen LogP contribution is 2.33. The normalized spacial score (nSPS) is 13.9. The average Bonchev–Trinajstić information content (AvgIpc) is 3.18. The Kier molecular flexibility index (Phi) is 9.74. The van der Waals surface area contributed by atoms with E-state index in [0.29, 0.717) is 33.5 Å². The number of benzene rings is 3. The van der Waals surface area contributed by atoms with Crippen molar-refractivity contribution < 1.29 is 28.7 Å². The number of hydrogen-bond donors (Lipinski definition) is 2. The van der Waals surface area contributed by atoms with Gasteiger partial charge in [0.1, 0.15) is 18.0 Å². The summed E-state index contributed by atoms with van der Waals surface area (Å²) in [6.07, 6.45) is 1.56. The van der Waals surface area contributed by atoms with Crippen molar-refractivity contribution in [2.24, 2.45) is 0 Å². The third kappa shape index (κ3) is 7.69. The minimum Gasteiger partial charge on any atom is -0.495 e. The third-order valence-electron chi connectivity index (χ3n) is 6.02. The van der Waals surface area contributed by atoms with Crippen molar-refractivity contribution in [2.75, 3.05) is 30.9 Å². The molecule has 0 unspecified atom stereocenters. The summed E-state index contributed by atoms with van der Waals surface area (Å²) >= 11 is 10.3. The number of methoxy groups -OCH3 is 1. The summed E-state index contributed by atoms with van der Waals surface area (Å²) in [5.74, 6) is -0.527. The summed E-state index contributed by atoms with van der Waals surface area (Å²) in [4.78, 5) is 51.2. The van der Waals surface area contributed by atoms with Gasteiger partial charge in [-0.25, -0.2) is 0 Å². The van der Waals surface area contributed by atoms with Crippen molar-refractivity contribution >= 4 is 79.7 Å². The van der Waals surface area contributed by atoms with E-state index in [2.05, 4.69) is 26.6 Å². The van der Waals surface area contributed by atoms with Crippen molar-refractivity contribution in [1.82, 2.24) is 4.90 Å². The first-order valence-corrected chi connectivity index (χ1v) is 14.2. The van der Waals surface area contributed by atoms with E-state index in [0.717, 1.165) is 32.3 Å². The van der Waals surface area contributed by atoms with Crippen LogP contribution in [0.2, 0.25) is 5.02 Å². The van der Waals surface area contributed by atoms with Crippen molar-refractivity contribution in [3.63, 3.8) is 0 Å². The molecule has 0 bridgehead atoms. The second kappa shape index (κ2) is 13.2. The molecular weight excluding hydrogens is 634 g/mol. The SMILES string of the molecule is COc1ccc(NC(=O)CN2C(=O)S/C(=C/c3ccc(OCC(=O)Nc4cc(C)c(C)cc4Br)cc3)C2=O)cc1Cl. The van der Waals surface area contributed by atoms with Gasteiger partial charge in [-0.1, -0.05) is 23.7 Å². The molecule has 1 aliphatic heterocycles. The topological polar surface area (TPSA) is 114 Å². The molecule has 0 atom stereocenters. The Hall–Kier alpha value is -3.80. The number of hydrogen-bond acceptors (Lipinski definition) is 7. The number of ether oxygens (including phenoxy) is 2. The summed E-state index contributed by atoms with van der Waals surface area (Å²) in [5.41, 5.74) is 3.87. The molecule has 1 fully saturated rings. The van der Waals surface area contributed by atoms with Crippen LogP contribution in [0.4, 0.5) is 16.2 Å². The maximum atomic E-state index is 12.8. The Morgan fingerprint density at radius 1 is 1.00 bits per heavy atom. The molecule has 1 saturated heterocycles. The molecule has 4 amide bonds. The first kappa shape index (κ1) is 30.2. The van der Waals surface area contributed by atoms with Gasteiger partial charge in [0.05, 0.1) is 22.7 Å². The summed E-state index contributed by atoms with van der Waals surface area (Å²) in [6.45, 7) is 3.32. The molecule has 0 radical (unpaired) electrons. The minimum atomic E-state index is -0.572. The number of rotatable bonds is 9. The first-order chi connectivity index (χ1) is 19.5. The van der Waals surface area contributed by atoms with Crippen LogP contribution >= 0.6 is 39.3 Å². The van der Waals surface area contributed by atoms with Crippen LogP contribution in [-0.2, 0) is 14.4 Å².